The number of carboxylic acid groups (broad SMARTS) is 1. The molecule has 4 heteroatoms. The lowest BCUT2D eigenvalue weighted by atomic mass is 9.67. The van der Waals surface area contributed by atoms with Crippen LogP contribution in [0.4, 0.5) is 0 Å². The summed E-state index contributed by atoms with van der Waals surface area (Å²) in [6, 6.07) is 1.42. The Kier molecular flexibility index (Phi) is 3.28. The Morgan fingerprint density at radius 2 is 2.17 bits per heavy atom. The molecule has 0 unspecified atom stereocenters. The fourth-order valence-corrected chi connectivity index (χ4v) is 2.66. The summed E-state index contributed by atoms with van der Waals surface area (Å²) in [5.41, 5.74) is 0.599. The molecule has 2 rings (SSSR count). The number of pyridine rings is 1. The molecule has 0 atom stereocenters. The molecule has 1 aromatic heterocycles. The van der Waals surface area contributed by atoms with E-state index >= 15 is 0 Å². The molecular weight excluding hydrogens is 230 g/mol. The van der Waals surface area contributed by atoms with Crippen LogP contribution in [0.1, 0.15) is 48.7 Å². The third kappa shape index (κ3) is 2.19. The van der Waals surface area contributed by atoms with Crippen LogP contribution in [-0.4, -0.2) is 15.6 Å². The Labute approximate surface area is 106 Å². The highest BCUT2D eigenvalue weighted by Gasteiger charge is 2.35. The zero-order chi connectivity index (χ0) is 13.3. The van der Waals surface area contributed by atoms with Crippen LogP contribution < -0.4 is 5.43 Å². The largest absolute Gasteiger partial charge is 0.477 e. The maximum absolute atomic E-state index is 11.6. The van der Waals surface area contributed by atoms with Crippen molar-refractivity contribution in [3.63, 3.8) is 0 Å². The zero-order valence-corrected chi connectivity index (χ0v) is 10.9. The summed E-state index contributed by atoms with van der Waals surface area (Å²) in [5, 5.41) is 8.99. The van der Waals surface area contributed by atoms with Gasteiger partial charge in [0.05, 0.1) is 0 Å². The fourth-order valence-electron chi connectivity index (χ4n) is 2.66. The fraction of sp³-hybridized carbons (Fsp3) is 0.571. The third-order valence-corrected chi connectivity index (χ3v) is 4.24. The molecule has 0 radical (unpaired) electrons. The van der Waals surface area contributed by atoms with Crippen LogP contribution in [0.5, 0.6) is 0 Å². The van der Waals surface area contributed by atoms with Crippen molar-refractivity contribution >= 4 is 5.97 Å². The predicted molar refractivity (Wildman–Crippen MR) is 69.0 cm³/mol. The minimum atomic E-state index is -1.15. The van der Waals surface area contributed by atoms with Gasteiger partial charge < -0.3 is 9.67 Å². The number of aromatic carboxylic acids is 1. The molecule has 1 aliphatic rings. The second kappa shape index (κ2) is 4.59. The number of rotatable bonds is 4. The van der Waals surface area contributed by atoms with E-state index in [1.807, 2.05) is 11.5 Å². The molecule has 0 aromatic carbocycles. The summed E-state index contributed by atoms with van der Waals surface area (Å²) in [5.74, 6) is -1.15. The molecule has 0 bridgehead atoms. The first-order valence-electron chi connectivity index (χ1n) is 6.42. The van der Waals surface area contributed by atoms with Crippen molar-refractivity contribution in [3.05, 3.63) is 33.7 Å². The number of hydrogen-bond acceptors (Lipinski definition) is 2. The first kappa shape index (κ1) is 12.9. The van der Waals surface area contributed by atoms with Crippen LogP contribution in [0.3, 0.4) is 0 Å². The molecule has 1 fully saturated rings. The van der Waals surface area contributed by atoms with Crippen LogP contribution in [-0.2, 0) is 6.54 Å². The van der Waals surface area contributed by atoms with Crippen molar-refractivity contribution in [2.45, 2.75) is 46.1 Å². The number of carbonyl (C=O) groups is 1. The normalized spacial score (nSPS) is 17.2. The molecule has 1 aromatic rings. The first-order valence-corrected chi connectivity index (χ1v) is 6.42. The lowest BCUT2D eigenvalue weighted by Crippen LogP contribution is -2.34. The van der Waals surface area contributed by atoms with E-state index in [9.17, 15) is 9.59 Å². The minimum Gasteiger partial charge on any atom is -0.477 e. The molecule has 1 N–H and O–H groups in total. The summed E-state index contributed by atoms with van der Waals surface area (Å²) in [7, 11) is 0. The van der Waals surface area contributed by atoms with Gasteiger partial charge in [-0.3, -0.25) is 4.79 Å². The van der Waals surface area contributed by atoms with E-state index in [4.69, 9.17) is 5.11 Å². The maximum atomic E-state index is 11.6. The number of aryl methyl sites for hydroxylation is 1. The lowest BCUT2D eigenvalue weighted by Gasteiger charge is -2.42. The number of carboxylic acids is 1. The molecule has 0 amide bonds. The van der Waals surface area contributed by atoms with Crippen LogP contribution in [0.2, 0.25) is 0 Å². The van der Waals surface area contributed by atoms with E-state index < -0.39 is 11.4 Å². The Bertz CT molecular complexity index is 521. The molecule has 1 saturated carbocycles. The third-order valence-electron chi connectivity index (χ3n) is 4.24. The molecular formula is C14H19NO3. The average molecular weight is 249 g/mol. The summed E-state index contributed by atoms with van der Waals surface area (Å²) in [4.78, 5) is 22.5. The van der Waals surface area contributed by atoms with Crippen molar-refractivity contribution in [3.8, 4) is 0 Å². The first-order chi connectivity index (χ1) is 8.47. The standard InChI is InChI=1S/C14H19NO3/c1-3-14(5-4-6-14)9-15-8-11(13(17)18)12(16)7-10(15)2/h7-8H,3-6,9H2,1-2H3,(H,17,18). The molecule has 0 aliphatic heterocycles. The van der Waals surface area contributed by atoms with Crippen LogP contribution in [0, 0.1) is 12.3 Å². The highest BCUT2D eigenvalue weighted by atomic mass is 16.4. The smallest absolute Gasteiger partial charge is 0.341 e. The van der Waals surface area contributed by atoms with Crippen LogP contribution in [0.15, 0.2) is 17.1 Å². The van der Waals surface area contributed by atoms with E-state index in [2.05, 4.69) is 6.92 Å². The summed E-state index contributed by atoms with van der Waals surface area (Å²) < 4.78 is 1.92. The van der Waals surface area contributed by atoms with Gasteiger partial charge in [-0.05, 0) is 31.6 Å². The maximum Gasteiger partial charge on any atom is 0.341 e. The van der Waals surface area contributed by atoms with Crippen molar-refractivity contribution in [1.29, 1.82) is 0 Å². The predicted octanol–water partition coefficient (Wildman–Crippen LogP) is 2.44. The van der Waals surface area contributed by atoms with Crippen molar-refractivity contribution in [2.75, 3.05) is 0 Å². The molecule has 1 aliphatic carbocycles. The second-order valence-electron chi connectivity index (χ2n) is 5.33. The average Bonchev–Trinajstić information content (AvgIpc) is 2.25. The van der Waals surface area contributed by atoms with Gasteiger partial charge in [0, 0.05) is 24.5 Å². The van der Waals surface area contributed by atoms with Crippen LogP contribution in [0.25, 0.3) is 0 Å². The van der Waals surface area contributed by atoms with Gasteiger partial charge in [-0.1, -0.05) is 13.3 Å². The molecule has 18 heavy (non-hydrogen) atoms. The highest BCUT2D eigenvalue weighted by molar-refractivity contribution is 5.87. The van der Waals surface area contributed by atoms with Crippen LogP contribution >= 0.6 is 0 Å². The van der Waals surface area contributed by atoms with Crippen molar-refractivity contribution in [1.82, 2.24) is 4.57 Å². The number of nitrogens with zero attached hydrogens (tertiary/aromatic N) is 1. The van der Waals surface area contributed by atoms with Gasteiger partial charge >= 0.3 is 5.97 Å². The topological polar surface area (TPSA) is 59.3 Å². The van der Waals surface area contributed by atoms with E-state index in [1.54, 1.807) is 0 Å². The van der Waals surface area contributed by atoms with Gasteiger partial charge in [-0.2, -0.15) is 0 Å². The monoisotopic (exact) mass is 249 g/mol. The van der Waals surface area contributed by atoms with Gasteiger partial charge in [0.2, 0.25) is 0 Å². The highest BCUT2D eigenvalue weighted by Crippen LogP contribution is 2.45. The summed E-state index contributed by atoms with van der Waals surface area (Å²) >= 11 is 0. The van der Waals surface area contributed by atoms with E-state index in [1.165, 1.54) is 31.5 Å². The van der Waals surface area contributed by atoms with Gasteiger partial charge in [0.25, 0.3) is 0 Å². The van der Waals surface area contributed by atoms with Gasteiger partial charge in [-0.15, -0.1) is 0 Å². The Hall–Kier alpha value is -1.58. The molecule has 0 saturated heterocycles. The van der Waals surface area contributed by atoms with Crippen molar-refractivity contribution in [2.24, 2.45) is 5.41 Å². The van der Waals surface area contributed by atoms with Gasteiger partial charge in [0.1, 0.15) is 5.56 Å². The molecule has 4 nitrogen and oxygen atoms in total. The number of hydrogen-bond donors (Lipinski definition) is 1. The summed E-state index contributed by atoms with van der Waals surface area (Å²) in [6.07, 6.45) is 6.23. The molecule has 0 spiro atoms. The van der Waals surface area contributed by atoms with Gasteiger partial charge in [-0.25, -0.2) is 4.79 Å². The Balaban J connectivity index is 2.36. The quantitative estimate of drug-likeness (QED) is 0.891. The van der Waals surface area contributed by atoms with E-state index in [0.717, 1.165) is 18.7 Å². The van der Waals surface area contributed by atoms with E-state index in [-0.39, 0.29) is 5.56 Å². The minimum absolute atomic E-state index is 0.133. The van der Waals surface area contributed by atoms with Gasteiger partial charge in [0.15, 0.2) is 5.43 Å². The molecule has 98 valence electrons. The Morgan fingerprint density at radius 1 is 1.50 bits per heavy atom. The molecule has 1 heterocycles. The Morgan fingerprint density at radius 3 is 2.61 bits per heavy atom. The number of aromatic nitrogens is 1. The van der Waals surface area contributed by atoms with E-state index in [0.29, 0.717) is 5.41 Å². The lowest BCUT2D eigenvalue weighted by molar-refractivity contribution is 0.0691. The summed E-state index contributed by atoms with van der Waals surface area (Å²) in [6.45, 7) is 4.85. The second-order valence-corrected chi connectivity index (χ2v) is 5.33. The van der Waals surface area contributed by atoms with Crippen molar-refractivity contribution < 1.29 is 9.90 Å². The SMILES string of the molecule is CCC1(Cn2cc(C(=O)O)c(=O)cc2C)CCC1. The zero-order valence-electron chi connectivity index (χ0n) is 10.9.